The van der Waals surface area contributed by atoms with Crippen LogP contribution in [-0.2, 0) is 28.8 Å². The zero-order valence-electron chi connectivity index (χ0n) is 18.0. The molecule has 4 aromatic rings. The van der Waals surface area contributed by atoms with Crippen molar-refractivity contribution in [1.29, 1.82) is 0 Å². The van der Waals surface area contributed by atoms with Gasteiger partial charge in [0, 0.05) is 35.8 Å². The lowest BCUT2D eigenvalue weighted by molar-refractivity contribution is -0.143. The molecular weight excluding hydrogens is 429 g/mol. The molecule has 33 heavy (non-hydrogen) atoms. The second-order valence-corrected chi connectivity index (χ2v) is 7.75. The molecule has 0 fully saturated rings. The predicted octanol–water partition coefficient (Wildman–Crippen LogP) is 5.71. The summed E-state index contributed by atoms with van der Waals surface area (Å²) in [6, 6.07) is 21.9. The van der Waals surface area contributed by atoms with E-state index in [0.717, 1.165) is 28.6 Å². The van der Waals surface area contributed by atoms with Crippen molar-refractivity contribution in [1.82, 2.24) is 9.88 Å². The van der Waals surface area contributed by atoms with Gasteiger partial charge in [0.2, 0.25) is 0 Å². The third kappa shape index (κ3) is 5.09. The number of carbonyl (C=O) groups excluding carboxylic acids is 1. The van der Waals surface area contributed by atoms with Crippen LogP contribution in [0.4, 0.5) is 13.2 Å². The Labute approximate surface area is 189 Å². The standard InChI is InChI=1S/C26H23F3N2O2/c1-33-25(32)24(30-15-19-10-7-11-20(14-19)26(27,28)29)22-17-31(16-18-8-3-2-4-9-18)23-13-6-5-12-21(22)23/h2-14,17,24,30H,15-16H2,1H3. The molecule has 0 saturated carbocycles. The molecule has 0 amide bonds. The van der Waals surface area contributed by atoms with Crippen LogP contribution in [0.3, 0.4) is 0 Å². The quantitative estimate of drug-likeness (QED) is 0.365. The Morgan fingerprint density at radius 3 is 2.39 bits per heavy atom. The molecule has 4 nitrogen and oxygen atoms in total. The zero-order chi connectivity index (χ0) is 23.4. The molecule has 4 rings (SSSR count). The molecule has 0 aliphatic carbocycles. The fraction of sp³-hybridized carbons (Fsp3) is 0.192. The number of carbonyl (C=O) groups is 1. The Kier molecular flexibility index (Phi) is 6.51. The number of nitrogens with zero attached hydrogens (tertiary/aromatic N) is 1. The molecule has 1 aromatic heterocycles. The molecule has 170 valence electrons. The number of hydrogen-bond donors (Lipinski definition) is 1. The summed E-state index contributed by atoms with van der Waals surface area (Å²) in [6.45, 7) is 0.685. The molecule has 0 saturated heterocycles. The summed E-state index contributed by atoms with van der Waals surface area (Å²) in [6.07, 6.45) is -2.53. The molecule has 3 aromatic carbocycles. The van der Waals surface area contributed by atoms with Crippen molar-refractivity contribution in [2.24, 2.45) is 0 Å². The largest absolute Gasteiger partial charge is 0.468 e. The van der Waals surface area contributed by atoms with Gasteiger partial charge in [0.05, 0.1) is 12.7 Å². The van der Waals surface area contributed by atoms with E-state index < -0.39 is 23.8 Å². The van der Waals surface area contributed by atoms with Gasteiger partial charge in [0.15, 0.2) is 0 Å². The average molecular weight is 452 g/mol. The van der Waals surface area contributed by atoms with Crippen molar-refractivity contribution in [3.05, 3.63) is 107 Å². The summed E-state index contributed by atoms with van der Waals surface area (Å²) in [5, 5.41) is 3.97. The van der Waals surface area contributed by atoms with E-state index in [4.69, 9.17) is 4.74 Å². The van der Waals surface area contributed by atoms with Gasteiger partial charge >= 0.3 is 12.1 Å². The Balaban J connectivity index is 1.66. The third-order valence-electron chi connectivity index (χ3n) is 5.53. The molecule has 7 heteroatoms. The van der Waals surface area contributed by atoms with Crippen LogP contribution in [-0.4, -0.2) is 17.6 Å². The fourth-order valence-electron chi connectivity index (χ4n) is 3.93. The van der Waals surface area contributed by atoms with E-state index in [1.807, 2.05) is 60.8 Å². The van der Waals surface area contributed by atoms with Crippen molar-refractivity contribution in [3.8, 4) is 0 Å². The van der Waals surface area contributed by atoms with Gasteiger partial charge in [-0.05, 0) is 23.3 Å². The van der Waals surface area contributed by atoms with E-state index in [-0.39, 0.29) is 6.54 Å². The van der Waals surface area contributed by atoms with Crippen molar-refractivity contribution in [2.75, 3.05) is 7.11 Å². The van der Waals surface area contributed by atoms with Crippen LogP contribution < -0.4 is 5.32 Å². The number of aromatic nitrogens is 1. The van der Waals surface area contributed by atoms with Gasteiger partial charge in [0.1, 0.15) is 6.04 Å². The SMILES string of the molecule is COC(=O)C(NCc1cccc(C(F)(F)F)c1)c1cn(Cc2ccccc2)c2ccccc12. The monoisotopic (exact) mass is 452 g/mol. The summed E-state index contributed by atoms with van der Waals surface area (Å²) in [7, 11) is 1.30. The molecule has 0 spiro atoms. The topological polar surface area (TPSA) is 43.3 Å². The molecular formula is C26H23F3N2O2. The zero-order valence-corrected chi connectivity index (χ0v) is 18.0. The number of esters is 1. The van der Waals surface area contributed by atoms with Gasteiger partial charge in [-0.2, -0.15) is 13.2 Å². The molecule has 1 atom stereocenters. The van der Waals surface area contributed by atoms with E-state index in [2.05, 4.69) is 9.88 Å². The van der Waals surface area contributed by atoms with Crippen LogP contribution in [0.1, 0.15) is 28.3 Å². The number of rotatable bonds is 7. The maximum atomic E-state index is 13.1. The highest BCUT2D eigenvalue weighted by atomic mass is 19.4. The number of halogens is 3. The highest BCUT2D eigenvalue weighted by Gasteiger charge is 2.30. The summed E-state index contributed by atoms with van der Waals surface area (Å²) in [4.78, 5) is 12.7. The lowest BCUT2D eigenvalue weighted by Crippen LogP contribution is -2.29. The minimum Gasteiger partial charge on any atom is -0.468 e. The van der Waals surface area contributed by atoms with E-state index in [1.54, 1.807) is 6.07 Å². The van der Waals surface area contributed by atoms with E-state index in [0.29, 0.717) is 17.7 Å². The van der Waals surface area contributed by atoms with Gasteiger partial charge in [-0.3, -0.25) is 5.32 Å². The van der Waals surface area contributed by atoms with Crippen molar-refractivity contribution >= 4 is 16.9 Å². The number of alkyl halides is 3. The van der Waals surface area contributed by atoms with E-state index in [1.165, 1.54) is 13.2 Å². The number of fused-ring (bicyclic) bond motifs is 1. The number of nitrogens with one attached hydrogen (secondary N) is 1. The lowest BCUT2D eigenvalue weighted by Gasteiger charge is -2.17. The lowest BCUT2D eigenvalue weighted by atomic mass is 10.0. The molecule has 1 heterocycles. The van der Waals surface area contributed by atoms with Crippen LogP contribution in [0.25, 0.3) is 10.9 Å². The van der Waals surface area contributed by atoms with Crippen molar-refractivity contribution in [2.45, 2.75) is 25.3 Å². The van der Waals surface area contributed by atoms with E-state index in [9.17, 15) is 18.0 Å². The second-order valence-electron chi connectivity index (χ2n) is 7.75. The molecule has 0 radical (unpaired) electrons. The maximum Gasteiger partial charge on any atom is 0.416 e. The first-order chi connectivity index (χ1) is 15.9. The Bertz CT molecular complexity index is 1250. The predicted molar refractivity (Wildman–Crippen MR) is 121 cm³/mol. The highest BCUT2D eigenvalue weighted by molar-refractivity contribution is 5.90. The first-order valence-electron chi connectivity index (χ1n) is 10.5. The first-order valence-corrected chi connectivity index (χ1v) is 10.5. The first kappa shape index (κ1) is 22.6. The molecule has 0 aliphatic heterocycles. The summed E-state index contributed by atoms with van der Waals surface area (Å²) in [5.74, 6) is -0.510. The van der Waals surface area contributed by atoms with Crippen molar-refractivity contribution < 1.29 is 22.7 Å². The van der Waals surface area contributed by atoms with Crippen LogP contribution in [0, 0.1) is 0 Å². The Morgan fingerprint density at radius 2 is 1.67 bits per heavy atom. The smallest absolute Gasteiger partial charge is 0.416 e. The molecule has 0 bridgehead atoms. The normalized spacial score (nSPS) is 12.6. The minimum absolute atomic E-state index is 0.0713. The fourth-order valence-corrected chi connectivity index (χ4v) is 3.93. The number of hydrogen-bond acceptors (Lipinski definition) is 3. The minimum atomic E-state index is -4.43. The third-order valence-corrected chi connectivity index (χ3v) is 5.53. The van der Waals surface area contributed by atoms with Gasteiger partial charge in [-0.25, -0.2) is 4.79 Å². The van der Waals surface area contributed by atoms with Gasteiger partial charge in [-0.15, -0.1) is 0 Å². The average Bonchev–Trinajstić information content (AvgIpc) is 3.17. The van der Waals surface area contributed by atoms with Crippen LogP contribution in [0.5, 0.6) is 0 Å². The molecule has 1 N–H and O–H groups in total. The number of benzene rings is 3. The van der Waals surface area contributed by atoms with E-state index >= 15 is 0 Å². The van der Waals surface area contributed by atoms with Crippen molar-refractivity contribution in [3.63, 3.8) is 0 Å². The summed E-state index contributed by atoms with van der Waals surface area (Å²) >= 11 is 0. The van der Waals surface area contributed by atoms with Crippen LogP contribution in [0.15, 0.2) is 85.1 Å². The van der Waals surface area contributed by atoms with Crippen LogP contribution in [0.2, 0.25) is 0 Å². The second kappa shape index (κ2) is 9.50. The summed E-state index contributed by atoms with van der Waals surface area (Å²) in [5.41, 5.74) is 2.46. The van der Waals surface area contributed by atoms with Gasteiger partial charge < -0.3 is 9.30 Å². The van der Waals surface area contributed by atoms with Gasteiger partial charge in [0.25, 0.3) is 0 Å². The maximum absolute atomic E-state index is 13.1. The number of ether oxygens (including phenoxy) is 1. The molecule has 1 unspecified atom stereocenters. The highest BCUT2D eigenvalue weighted by Crippen LogP contribution is 2.31. The Morgan fingerprint density at radius 1 is 0.970 bits per heavy atom. The Hall–Kier alpha value is -3.58. The van der Waals surface area contributed by atoms with Gasteiger partial charge in [-0.1, -0.05) is 66.7 Å². The van der Waals surface area contributed by atoms with Crippen LogP contribution >= 0.6 is 0 Å². The number of methoxy groups -OCH3 is 1. The number of para-hydroxylation sites is 1. The molecule has 0 aliphatic rings. The summed E-state index contributed by atoms with van der Waals surface area (Å²) < 4.78 is 46.3.